The van der Waals surface area contributed by atoms with Gasteiger partial charge in [-0.3, -0.25) is 9.59 Å². The highest BCUT2D eigenvalue weighted by molar-refractivity contribution is 9.10. The summed E-state index contributed by atoms with van der Waals surface area (Å²) >= 11 is 3.32. The van der Waals surface area contributed by atoms with Gasteiger partial charge in [-0.1, -0.05) is 15.9 Å². The van der Waals surface area contributed by atoms with Crippen molar-refractivity contribution in [2.45, 2.75) is 33.7 Å². The van der Waals surface area contributed by atoms with Crippen LogP contribution in [0.4, 0.5) is 5.69 Å². The zero-order chi connectivity index (χ0) is 16.2. The van der Waals surface area contributed by atoms with Crippen LogP contribution in [0.15, 0.2) is 16.6 Å². The number of nitrogens with one attached hydrogen (secondary N) is 1. The van der Waals surface area contributed by atoms with E-state index >= 15 is 0 Å². The van der Waals surface area contributed by atoms with Crippen molar-refractivity contribution >= 4 is 33.4 Å². The Labute approximate surface area is 134 Å². The summed E-state index contributed by atoms with van der Waals surface area (Å²) < 4.78 is 0.735. The molecule has 1 rings (SSSR count). The quantitative estimate of drug-likeness (QED) is 0.795. The minimum atomic E-state index is -0.572. The number of likely N-dealkylation sites (N-methyl/N-ethyl adjacent to an activating group) is 1. The maximum absolute atomic E-state index is 12.3. The first-order valence-corrected chi connectivity index (χ1v) is 7.76. The Morgan fingerprint density at radius 2 is 1.90 bits per heavy atom. The molecule has 1 aromatic carbocycles. The van der Waals surface area contributed by atoms with E-state index in [4.69, 9.17) is 5.73 Å². The molecule has 5 nitrogen and oxygen atoms in total. The lowest BCUT2D eigenvalue weighted by Gasteiger charge is -2.23. The van der Waals surface area contributed by atoms with Crippen molar-refractivity contribution in [3.05, 3.63) is 27.7 Å². The highest BCUT2D eigenvalue weighted by Crippen LogP contribution is 2.22. The third-order valence-corrected chi connectivity index (χ3v) is 3.91. The average molecular weight is 356 g/mol. The number of anilines is 1. The Morgan fingerprint density at radius 1 is 1.33 bits per heavy atom. The second-order valence-corrected chi connectivity index (χ2v) is 5.79. The number of nitrogen functional groups attached to an aromatic ring is 1. The van der Waals surface area contributed by atoms with Crippen LogP contribution in [0, 0.1) is 6.92 Å². The van der Waals surface area contributed by atoms with Gasteiger partial charge in [-0.25, -0.2) is 0 Å². The monoisotopic (exact) mass is 355 g/mol. The molecule has 0 saturated heterocycles. The molecule has 0 fully saturated rings. The van der Waals surface area contributed by atoms with Crippen molar-refractivity contribution in [2.75, 3.05) is 18.8 Å². The molecule has 116 valence electrons. The molecule has 0 heterocycles. The maximum atomic E-state index is 12.3. The Hall–Kier alpha value is -1.56. The van der Waals surface area contributed by atoms with Crippen LogP contribution in [0.25, 0.3) is 0 Å². The normalized spacial score (nSPS) is 11.9. The molecule has 0 bridgehead atoms. The zero-order valence-corrected chi connectivity index (χ0v) is 14.5. The Bertz CT molecular complexity index is 542. The molecule has 1 unspecified atom stereocenters. The third kappa shape index (κ3) is 4.20. The van der Waals surface area contributed by atoms with E-state index in [2.05, 4.69) is 21.2 Å². The van der Waals surface area contributed by atoms with Gasteiger partial charge in [0.25, 0.3) is 5.91 Å². The highest BCUT2D eigenvalue weighted by atomic mass is 79.9. The second kappa shape index (κ2) is 7.45. The fourth-order valence-corrected chi connectivity index (χ4v) is 2.56. The fourth-order valence-electron chi connectivity index (χ4n) is 2.08. The third-order valence-electron chi connectivity index (χ3n) is 3.45. The van der Waals surface area contributed by atoms with Crippen molar-refractivity contribution in [3.63, 3.8) is 0 Å². The van der Waals surface area contributed by atoms with E-state index in [0.717, 1.165) is 4.47 Å². The van der Waals surface area contributed by atoms with E-state index < -0.39 is 6.04 Å². The minimum Gasteiger partial charge on any atom is -0.398 e. The number of nitrogens with zero attached hydrogens (tertiary/aromatic N) is 1. The summed E-state index contributed by atoms with van der Waals surface area (Å²) in [4.78, 5) is 26.2. The summed E-state index contributed by atoms with van der Waals surface area (Å²) in [5, 5.41) is 2.73. The molecular formula is C15H22BrN3O2. The first kappa shape index (κ1) is 17.5. The number of nitrogens with two attached hydrogens (primary N) is 1. The molecule has 0 saturated carbocycles. The van der Waals surface area contributed by atoms with Gasteiger partial charge in [-0.05, 0) is 45.4 Å². The van der Waals surface area contributed by atoms with E-state index in [1.54, 1.807) is 30.9 Å². The lowest BCUT2D eigenvalue weighted by molar-refractivity contribution is -0.132. The predicted octanol–water partition coefficient (Wildman–Crippen LogP) is 2.33. The summed E-state index contributed by atoms with van der Waals surface area (Å²) in [5.74, 6) is -0.387. The number of carbonyl (C=O) groups is 2. The van der Waals surface area contributed by atoms with Crippen molar-refractivity contribution < 1.29 is 9.59 Å². The first-order valence-electron chi connectivity index (χ1n) is 6.97. The molecule has 2 amide bonds. The van der Waals surface area contributed by atoms with Gasteiger partial charge in [0, 0.05) is 28.8 Å². The number of rotatable bonds is 5. The molecule has 0 aliphatic rings. The highest BCUT2D eigenvalue weighted by Gasteiger charge is 2.21. The lowest BCUT2D eigenvalue weighted by atomic mass is 10.1. The van der Waals surface area contributed by atoms with Gasteiger partial charge < -0.3 is 16.0 Å². The van der Waals surface area contributed by atoms with E-state index in [1.807, 2.05) is 13.8 Å². The maximum Gasteiger partial charge on any atom is 0.252 e. The molecule has 1 aromatic rings. The second-order valence-electron chi connectivity index (χ2n) is 4.87. The smallest absolute Gasteiger partial charge is 0.252 e. The summed E-state index contributed by atoms with van der Waals surface area (Å²) in [6, 6.07) is 2.88. The van der Waals surface area contributed by atoms with E-state index in [0.29, 0.717) is 29.9 Å². The van der Waals surface area contributed by atoms with E-state index in [1.165, 1.54) is 0 Å². The van der Waals surface area contributed by atoms with Crippen LogP contribution < -0.4 is 11.1 Å². The topological polar surface area (TPSA) is 75.4 Å². The molecule has 0 aliphatic carbocycles. The lowest BCUT2D eigenvalue weighted by Crippen LogP contribution is -2.47. The van der Waals surface area contributed by atoms with Crippen LogP contribution in [-0.4, -0.2) is 35.8 Å². The van der Waals surface area contributed by atoms with Crippen LogP contribution >= 0.6 is 15.9 Å². The molecular weight excluding hydrogens is 334 g/mol. The molecule has 0 aliphatic heterocycles. The summed E-state index contributed by atoms with van der Waals surface area (Å²) in [6.45, 7) is 8.55. The van der Waals surface area contributed by atoms with Gasteiger partial charge in [0.05, 0.1) is 0 Å². The van der Waals surface area contributed by atoms with Crippen molar-refractivity contribution in [1.82, 2.24) is 10.2 Å². The minimum absolute atomic E-state index is 0.0889. The van der Waals surface area contributed by atoms with Gasteiger partial charge in [0.1, 0.15) is 6.04 Å². The van der Waals surface area contributed by atoms with Gasteiger partial charge in [0.2, 0.25) is 5.91 Å². The average Bonchev–Trinajstić information content (AvgIpc) is 2.43. The number of carbonyl (C=O) groups excluding carboxylic acids is 2. The summed E-state index contributed by atoms with van der Waals surface area (Å²) in [7, 11) is 0. The van der Waals surface area contributed by atoms with Crippen LogP contribution in [-0.2, 0) is 4.79 Å². The van der Waals surface area contributed by atoms with Crippen LogP contribution in [0.5, 0.6) is 0 Å². The van der Waals surface area contributed by atoms with Crippen LogP contribution in [0.2, 0.25) is 0 Å². The Morgan fingerprint density at radius 3 is 2.43 bits per heavy atom. The predicted molar refractivity (Wildman–Crippen MR) is 88.1 cm³/mol. The van der Waals surface area contributed by atoms with Crippen LogP contribution in [0.1, 0.15) is 36.7 Å². The summed E-state index contributed by atoms with van der Waals surface area (Å²) in [5.41, 5.74) is 7.57. The molecule has 0 radical (unpaired) electrons. The Kier molecular flexibility index (Phi) is 6.20. The fraction of sp³-hybridized carbons (Fsp3) is 0.467. The Balaban J connectivity index is 2.89. The van der Waals surface area contributed by atoms with E-state index in [-0.39, 0.29) is 11.8 Å². The van der Waals surface area contributed by atoms with Crippen molar-refractivity contribution in [3.8, 4) is 0 Å². The number of halogens is 1. The molecule has 1 atom stereocenters. The van der Waals surface area contributed by atoms with Gasteiger partial charge in [0.15, 0.2) is 0 Å². The molecule has 21 heavy (non-hydrogen) atoms. The number of amides is 2. The standard InChI is InChI=1S/C15H22BrN3O2/c1-5-19(6-2)15(21)10(4)18-14(20)12-7-11(16)8-13(17)9(12)3/h7-8,10H,5-6,17H2,1-4H3,(H,18,20). The molecule has 0 spiro atoms. The van der Waals surface area contributed by atoms with Crippen LogP contribution in [0.3, 0.4) is 0 Å². The zero-order valence-electron chi connectivity index (χ0n) is 12.9. The molecule has 3 N–H and O–H groups in total. The number of hydrogen-bond acceptors (Lipinski definition) is 3. The van der Waals surface area contributed by atoms with Crippen molar-refractivity contribution in [1.29, 1.82) is 0 Å². The number of benzene rings is 1. The van der Waals surface area contributed by atoms with Gasteiger partial charge >= 0.3 is 0 Å². The molecule has 0 aromatic heterocycles. The van der Waals surface area contributed by atoms with Gasteiger partial charge in [-0.2, -0.15) is 0 Å². The number of hydrogen-bond donors (Lipinski definition) is 2. The van der Waals surface area contributed by atoms with E-state index in [9.17, 15) is 9.59 Å². The summed E-state index contributed by atoms with van der Waals surface area (Å²) in [6.07, 6.45) is 0. The molecule has 6 heteroatoms. The SMILES string of the molecule is CCN(CC)C(=O)C(C)NC(=O)c1cc(Br)cc(N)c1C. The van der Waals surface area contributed by atoms with Crippen molar-refractivity contribution in [2.24, 2.45) is 0 Å². The largest absolute Gasteiger partial charge is 0.398 e. The van der Waals surface area contributed by atoms with Gasteiger partial charge in [-0.15, -0.1) is 0 Å². The first-order chi connectivity index (χ1) is 9.81.